The van der Waals surface area contributed by atoms with Crippen molar-refractivity contribution in [2.75, 3.05) is 31.8 Å². The highest BCUT2D eigenvalue weighted by Gasteiger charge is 2.39. The average Bonchev–Trinajstić information content (AvgIpc) is 2.43. The van der Waals surface area contributed by atoms with Gasteiger partial charge in [0.1, 0.15) is 4.83 Å². The number of carbonyl (C=O) groups excluding carboxylic acids is 1. The van der Waals surface area contributed by atoms with Crippen LogP contribution in [0, 0.1) is 0 Å². The lowest BCUT2D eigenvalue weighted by molar-refractivity contribution is -0.142. The van der Waals surface area contributed by atoms with E-state index in [0.717, 1.165) is 0 Å². The molecule has 8 heteroatoms. The molecule has 1 atom stereocenters. The van der Waals surface area contributed by atoms with Crippen molar-refractivity contribution < 1.29 is 22.8 Å². The van der Waals surface area contributed by atoms with Gasteiger partial charge in [-0.25, -0.2) is 0 Å². The molecule has 0 rings (SSSR count). The number of halogens is 2. The molecule has 0 amide bonds. The molecule has 0 aliphatic carbocycles. The minimum Gasteiger partial charge on any atom is -0.465 e. The van der Waals surface area contributed by atoms with Crippen LogP contribution in [0.4, 0.5) is 0 Å². The molecule has 0 N–H and O–H groups in total. The first-order valence-corrected chi connectivity index (χ1v) is 10.8. The van der Waals surface area contributed by atoms with Crippen LogP contribution < -0.4 is 0 Å². The predicted octanol–water partition coefficient (Wildman–Crippen LogP) is 3.13. The van der Waals surface area contributed by atoms with Gasteiger partial charge in [-0.05, 0) is 27.2 Å². The molecule has 0 bridgehead atoms. The van der Waals surface area contributed by atoms with Crippen LogP contribution in [0.3, 0.4) is 0 Å². The van der Waals surface area contributed by atoms with E-state index in [1.54, 1.807) is 0 Å². The van der Waals surface area contributed by atoms with Gasteiger partial charge in [-0.2, -0.15) is 0 Å². The summed E-state index contributed by atoms with van der Waals surface area (Å²) in [6.07, 6.45) is 0.667. The Labute approximate surface area is 139 Å². The zero-order valence-corrected chi connectivity index (χ0v) is 16.5. The minimum absolute atomic E-state index is 0.265. The van der Waals surface area contributed by atoms with E-state index in [1.807, 2.05) is 20.8 Å². The fraction of sp³-hybridized carbons (Fsp3) is 0.917. The van der Waals surface area contributed by atoms with Crippen molar-refractivity contribution in [2.24, 2.45) is 0 Å². The van der Waals surface area contributed by atoms with E-state index < -0.39 is 8.80 Å². The molecule has 0 aliphatic heterocycles. The second-order valence-corrected chi connectivity index (χ2v) is 8.36. The van der Waals surface area contributed by atoms with Crippen molar-refractivity contribution in [3.63, 3.8) is 0 Å². The maximum Gasteiger partial charge on any atom is 0.501 e. The normalized spacial score (nSPS) is 13.2. The van der Waals surface area contributed by atoms with Crippen LogP contribution >= 0.6 is 31.9 Å². The van der Waals surface area contributed by atoms with Crippen LogP contribution in [0.2, 0.25) is 6.04 Å². The molecule has 5 nitrogen and oxygen atoms in total. The van der Waals surface area contributed by atoms with Crippen molar-refractivity contribution in [1.29, 1.82) is 0 Å². The second kappa shape index (κ2) is 12.1. The van der Waals surface area contributed by atoms with Gasteiger partial charge in [0.25, 0.3) is 0 Å². The highest BCUT2D eigenvalue weighted by molar-refractivity contribution is 9.12. The van der Waals surface area contributed by atoms with Gasteiger partial charge in [0, 0.05) is 31.2 Å². The molecule has 120 valence electrons. The number of hydrogen-bond donors (Lipinski definition) is 0. The Hall–Kier alpha value is 0.527. The summed E-state index contributed by atoms with van der Waals surface area (Å²) in [4.78, 5) is 11.2. The van der Waals surface area contributed by atoms with Crippen molar-refractivity contribution >= 4 is 46.6 Å². The molecule has 0 saturated heterocycles. The predicted molar refractivity (Wildman–Crippen MR) is 87.5 cm³/mol. The van der Waals surface area contributed by atoms with Crippen LogP contribution in [0.15, 0.2) is 0 Å². The number of alkyl halides is 2. The maximum atomic E-state index is 11.5. The average molecular weight is 436 g/mol. The topological polar surface area (TPSA) is 54.0 Å². The zero-order chi connectivity index (χ0) is 15.4. The first-order chi connectivity index (χ1) is 9.55. The summed E-state index contributed by atoms with van der Waals surface area (Å²) < 4.78 is 22.3. The number of hydrogen-bond acceptors (Lipinski definition) is 5. The van der Waals surface area contributed by atoms with Gasteiger partial charge < -0.3 is 18.0 Å². The first-order valence-electron chi connectivity index (χ1n) is 6.83. The van der Waals surface area contributed by atoms with Gasteiger partial charge in [0.15, 0.2) is 0 Å². The van der Waals surface area contributed by atoms with Gasteiger partial charge in [-0.1, -0.05) is 31.9 Å². The van der Waals surface area contributed by atoms with Crippen LogP contribution in [0.5, 0.6) is 0 Å². The second-order valence-electron chi connectivity index (χ2n) is 3.87. The number of esters is 1. The smallest absolute Gasteiger partial charge is 0.465 e. The van der Waals surface area contributed by atoms with E-state index in [4.69, 9.17) is 18.0 Å². The third-order valence-electron chi connectivity index (χ3n) is 2.36. The number of rotatable bonds is 12. The Morgan fingerprint density at radius 1 is 1.10 bits per heavy atom. The molecule has 20 heavy (non-hydrogen) atoms. The summed E-state index contributed by atoms with van der Waals surface area (Å²) in [5, 5.41) is 0.529. The van der Waals surface area contributed by atoms with E-state index in [9.17, 15) is 4.79 Å². The summed E-state index contributed by atoms with van der Waals surface area (Å²) >= 11 is 6.44. The van der Waals surface area contributed by atoms with Crippen LogP contribution in [-0.4, -0.2) is 51.4 Å². The molecule has 0 aromatic rings. The van der Waals surface area contributed by atoms with Crippen molar-refractivity contribution in [1.82, 2.24) is 0 Å². The molecule has 0 aromatic carbocycles. The Bertz CT molecular complexity index is 251. The molecule has 0 radical (unpaired) electrons. The molecule has 0 aromatic heterocycles. The summed E-state index contributed by atoms with van der Waals surface area (Å²) in [5.74, 6) is -0.265. The third-order valence-corrected chi connectivity index (χ3v) is 7.72. The Morgan fingerprint density at radius 2 is 1.60 bits per heavy atom. The van der Waals surface area contributed by atoms with Crippen LogP contribution in [-0.2, 0) is 22.8 Å². The molecule has 1 unspecified atom stereocenters. The molecule has 0 spiro atoms. The zero-order valence-electron chi connectivity index (χ0n) is 12.3. The van der Waals surface area contributed by atoms with Crippen molar-refractivity contribution in [3.05, 3.63) is 0 Å². The molecular formula is C12H24Br2O5Si. The monoisotopic (exact) mass is 434 g/mol. The largest absolute Gasteiger partial charge is 0.501 e. The van der Waals surface area contributed by atoms with Gasteiger partial charge in [-0.15, -0.1) is 0 Å². The lowest BCUT2D eigenvalue weighted by Gasteiger charge is -2.28. The molecule has 0 fully saturated rings. The summed E-state index contributed by atoms with van der Waals surface area (Å²) in [6, 6.07) is 0.650. The first kappa shape index (κ1) is 20.5. The molecule has 0 saturated carbocycles. The SMILES string of the molecule is CCO[Si](CCCOC(=O)C(Br)CBr)(OCC)OCC. The lowest BCUT2D eigenvalue weighted by Crippen LogP contribution is -2.46. The Morgan fingerprint density at radius 3 is 2.00 bits per heavy atom. The standard InChI is InChI=1S/C12H24Br2O5Si/c1-4-17-20(18-5-2,19-6-3)9-7-8-16-12(15)11(14)10-13/h11H,4-10H2,1-3H3. The van der Waals surface area contributed by atoms with Gasteiger partial charge >= 0.3 is 14.8 Å². The summed E-state index contributed by atoms with van der Waals surface area (Å²) in [6.45, 7) is 7.77. The summed E-state index contributed by atoms with van der Waals surface area (Å²) in [5.41, 5.74) is 0. The Kier molecular flexibility index (Phi) is 12.4. The number of carbonyl (C=O) groups is 1. The molecular weight excluding hydrogens is 412 g/mol. The maximum absolute atomic E-state index is 11.5. The molecule has 0 heterocycles. The van der Waals surface area contributed by atoms with Crippen LogP contribution in [0.1, 0.15) is 27.2 Å². The van der Waals surface area contributed by atoms with Gasteiger partial charge in [0.05, 0.1) is 6.61 Å². The van der Waals surface area contributed by atoms with E-state index >= 15 is 0 Å². The number of ether oxygens (including phenoxy) is 1. The van der Waals surface area contributed by atoms with Gasteiger partial charge in [0.2, 0.25) is 0 Å². The van der Waals surface area contributed by atoms with Crippen molar-refractivity contribution in [2.45, 2.75) is 38.1 Å². The summed E-state index contributed by atoms with van der Waals surface area (Å²) in [7, 11) is -2.62. The third kappa shape index (κ3) is 8.09. The fourth-order valence-corrected chi connectivity index (χ4v) is 4.59. The van der Waals surface area contributed by atoms with E-state index in [-0.39, 0.29) is 10.8 Å². The van der Waals surface area contributed by atoms with Crippen LogP contribution in [0.25, 0.3) is 0 Å². The fourth-order valence-electron chi connectivity index (χ4n) is 1.62. The minimum atomic E-state index is -2.62. The highest BCUT2D eigenvalue weighted by atomic mass is 79.9. The Balaban J connectivity index is 4.21. The molecule has 0 aliphatic rings. The van der Waals surface area contributed by atoms with E-state index in [2.05, 4.69) is 31.9 Å². The quantitative estimate of drug-likeness (QED) is 0.204. The highest BCUT2D eigenvalue weighted by Crippen LogP contribution is 2.18. The van der Waals surface area contributed by atoms with E-state index in [1.165, 1.54) is 0 Å². The lowest BCUT2D eigenvalue weighted by atomic mass is 10.5. The van der Waals surface area contributed by atoms with E-state index in [0.29, 0.717) is 44.2 Å². The van der Waals surface area contributed by atoms with Crippen molar-refractivity contribution in [3.8, 4) is 0 Å². The van der Waals surface area contributed by atoms with Gasteiger partial charge in [-0.3, -0.25) is 4.79 Å².